The summed E-state index contributed by atoms with van der Waals surface area (Å²) in [6.45, 7) is 0. The van der Waals surface area contributed by atoms with Crippen molar-refractivity contribution in [3.63, 3.8) is 0 Å². The Morgan fingerprint density at radius 3 is 1.94 bits per heavy atom. The lowest BCUT2D eigenvalue weighted by Gasteiger charge is -2.01. The molecule has 0 heterocycles. The molecule has 94 valence electrons. The van der Waals surface area contributed by atoms with Crippen LogP contribution in [0.5, 0.6) is 0 Å². The largest absolute Gasteiger partial charge is 0.469 e. The smallest absolute Gasteiger partial charge is 0.305 e. The summed E-state index contributed by atoms with van der Waals surface area (Å²) in [5, 5.41) is 0. The molecule has 4 heteroatoms. The van der Waals surface area contributed by atoms with E-state index in [9.17, 15) is 9.59 Å². The average molecular weight is 249 g/mol. The van der Waals surface area contributed by atoms with Crippen LogP contribution in [0.3, 0.4) is 0 Å². The second kappa shape index (κ2) is 10.9. The predicted molar refractivity (Wildman–Crippen MR) is 64.7 cm³/mol. The van der Waals surface area contributed by atoms with E-state index in [4.69, 9.17) is 11.6 Å². The number of hydrogen-bond donors (Lipinski definition) is 0. The van der Waals surface area contributed by atoms with Gasteiger partial charge in [0.25, 0.3) is 0 Å². The van der Waals surface area contributed by atoms with Crippen molar-refractivity contribution in [3.05, 3.63) is 0 Å². The standard InChI is InChI=1S/C12H21ClO3/c1-16-12(15)9-7-5-3-2-4-6-8-11(14)10-13/h2-10H2,1H3. The minimum absolute atomic E-state index is 0.132. The van der Waals surface area contributed by atoms with Crippen molar-refractivity contribution in [2.45, 2.75) is 51.4 Å². The third-order valence-corrected chi connectivity index (χ3v) is 2.76. The molecule has 0 radical (unpaired) electrons. The Kier molecular flexibility index (Phi) is 10.5. The number of carbonyl (C=O) groups excluding carboxylic acids is 2. The van der Waals surface area contributed by atoms with Gasteiger partial charge in [-0.15, -0.1) is 11.6 Å². The van der Waals surface area contributed by atoms with Crippen molar-refractivity contribution in [1.29, 1.82) is 0 Å². The van der Waals surface area contributed by atoms with Crippen LogP contribution in [0.15, 0.2) is 0 Å². The van der Waals surface area contributed by atoms with Crippen molar-refractivity contribution in [1.82, 2.24) is 0 Å². The maximum absolute atomic E-state index is 10.9. The van der Waals surface area contributed by atoms with Gasteiger partial charge < -0.3 is 4.74 Å². The maximum atomic E-state index is 10.9. The van der Waals surface area contributed by atoms with Crippen molar-refractivity contribution in [2.24, 2.45) is 0 Å². The Balaban J connectivity index is 3.10. The van der Waals surface area contributed by atoms with E-state index >= 15 is 0 Å². The highest BCUT2D eigenvalue weighted by Crippen LogP contribution is 2.09. The first-order valence-corrected chi connectivity index (χ1v) is 6.38. The Labute approximate surface area is 102 Å². The third-order valence-electron chi connectivity index (χ3n) is 2.46. The van der Waals surface area contributed by atoms with Gasteiger partial charge >= 0.3 is 5.97 Å². The molecule has 0 fully saturated rings. The molecule has 0 aliphatic carbocycles. The monoisotopic (exact) mass is 248 g/mol. The Bertz CT molecular complexity index is 182. The Morgan fingerprint density at radius 1 is 0.938 bits per heavy atom. The van der Waals surface area contributed by atoms with Crippen LogP contribution >= 0.6 is 11.6 Å². The molecule has 0 saturated carbocycles. The molecule has 0 atom stereocenters. The van der Waals surface area contributed by atoms with E-state index in [1.807, 2.05) is 0 Å². The number of rotatable bonds is 10. The molecule has 0 unspecified atom stereocenters. The van der Waals surface area contributed by atoms with E-state index in [0.29, 0.717) is 12.8 Å². The number of alkyl halides is 1. The van der Waals surface area contributed by atoms with Crippen LogP contribution in [0.25, 0.3) is 0 Å². The summed E-state index contributed by atoms with van der Waals surface area (Å²) in [6, 6.07) is 0. The van der Waals surface area contributed by atoms with E-state index in [-0.39, 0.29) is 17.6 Å². The summed E-state index contributed by atoms with van der Waals surface area (Å²) in [7, 11) is 1.41. The van der Waals surface area contributed by atoms with Gasteiger partial charge in [0.2, 0.25) is 0 Å². The first kappa shape index (κ1) is 15.4. The van der Waals surface area contributed by atoms with Crippen LogP contribution < -0.4 is 0 Å². The molecular formula is C12H21ClO3. The van der Waals surface area contributed by atoms with Crippen LogP contribution in [0.1, 0.15) is 51.4 Å². The van der Waals surface area contributed by atoms with Crippen LogP contribution in [-0.2, 0) is 14.3 Å². The first-order chi connectivity index (χ1) is 7.70. The minimum Gasteiger partial charge on any atom is -0.469 e. The molecule has 0 aromatic heterocycles. The Hall–Kier alpha value is -0.570. The number of unbranched alkanes of at least 4 members (excludes halogenated alkanes) is 5. The number of esters is 1. The molecule has 0 aliphatic heterocycles. The molecule has 0 aromatic carbocycles. The van der Waals surface area contributed by atoms with Crippen LogP contribution in [0, 0.1) is 0 Å². The van der Waals surface area contributed by atoms with Crippen molar-refractivity contribution in [2.75, 3.05) is 13.0 Å². The molecule has 0 saturated heterocycles. The minimum atomic E-state index is -0.132. The fraction of sp³-hybridized carbons (Fsp3) is 0.833. The average Bonchev–Trinajstić information content (AvgIpc) is 2.31. The number of methoxy groups -OCH3 is 1. The van der Waals surface area contributed by atoms with Crippen LogP contribution in [0.2, 0.25) is 0 Å². The van der Waals surface area contributed by atoms with Gasteiger partial charge in [0, 0.05) is 12.8 Å². The van der Waals surface area contributed by atoms with Gasteiger partial charge in [0.05, 0.1) is 13.0 Å². The molecule has 3 nitrogen and oxygen atoms in total. The normalized spacial score (nSPS) is 10.1. The summed E-state index contributed by atoms with van der Waals surface area (Å²) >= 11 is 5.38. The highest BCUT2D eigenvalue weighted by molar-refractivity contribution is 6.27. The Morgan fingerprint density at radius 2 is 1.44 bits per heavy atom. The highest BCUT2D eigenvalue weighted by Gasteiger charge is 2.00. The summed E-state index contributed by atoms with van der Waals surface area (Å²) in [5.74, 6) is 0.138. The lowest BCUT2D eigenvalue weighted by atomic mass is 10.1. The number of ether oxygens (including phenoxy) is 1. The molecule has 0 aromatic rings. The van der Waals surface area contributed by atoms with Gasteiger partial charge in [-0.2, -0.15) is 0 Å². The number of ketones is 1. The second-order valence-corrected chi connectivity index (χ2v) is 4.14. The summed E-state index contributed by atoms with van der Waals surface area (Å²) in [5.41, 5.74) is 0. The lowest BCUT2D eigenvalue weighted by Crippen LogP contribution is -1.99. The number of Topliss-reactive ketones (excluding diaryl/α,β-unsaturated/α-hetero) is 1. The van der Waals surface area contributed by atoms with Crippen molar-refractivity contribution >= 4 is 23.4 Å². The molecule has 0 amide bonds. The molecule has 16 heavy (non-hydrogen) atoms. The van der Waals surface area contributed by atoms with Gasteiger partial charge in [-0.3, -0.25) is 9.59 Å². The fourth-order valence-electron chi connectivity index (χ4n) is 1.47. The van der Waals surface area contributed by atoms with E-state index in [1.54, 1.807) is 0 Å². The zero-order chi connectivity index (χ0) is 12.2. The zero-order valence-electron chi connectivity index (χ0n) is 9.97. The maximum Gasteiger partial charge on any atom is 0.305 e. The van der Waals surface area contributed by atoms with Gasteiger partial charge in [-0.05, 0) is 12.8 Å². The van der Waals surface area contributed by atoms with E-state index in [0.717, 1.165) is 38.5 Å². The third kappa shape index (κ3) is 9.97. The molecule has 0 rings (SSSR count). The molecule has 0 aliphatic rings. The van der Waals surface area contributed by atoms with E-state index in [2.05, 4.69) is 4.74 Å². The topological polar surface area (TPSA) is 43.4 Å². The van der Waals surface area contributed by atoms with Crippen LogP contribution in [0.4, 0.5) is 0 Å². The second-order valence-electron chi connectivity index (χ2n) is 3.87. The van der Waals surface area contributed by atoms with Gasteiger partial charge in [0.1, 0.15) is 5.78 Å². The van der Waals surface area contributed by atoms with Gasteiger partial charge in [0.15, 0.2) is 0 Å². The van der Waals surface area contributed by atoms with Crippen molar-refractivity contribution in [3.8, 4) is 0 Å². The van der Waals surface area contributed by atoms with Crippen molar-refractivity contribution < 1.29 is 14.3 Å². The predicted octanol–water partition coefficient (Wildman–Crippen LogP) is 3.09. The highest BCUT2D eigenvalue weighted by atomic mass is 35.5. The molecular weight excluding hydrogens is 228 g/mol. The number of halogens is 1. The number of carbonyl (C=O) groups is 2. The summed E-state index contributed by atoms with van der Waals surface area (Å²) in [4.78, 5) is 21.7. The molecule has 0 N–H and O–H groups in total. The quantitative estimate of drug-likeness (QED) is 0.339. The van der Waals surface area contributed by atoms with E-state index in [1.165, 1.54) is 7.11 Å². The van der Waals surface area contributed by atoms with E-state index < -0.39 is 0 Å². The number of hydrogen-bond acceptors (Lipinski definition) is 3. The SMILES string of the molecule is COC(=O)CCCCCCCCC(=O)CCl. The lowest BCUT2D eigenvalue weighted by molar-refractivity contribution is -0.140. The zero-order valence-corrected chi connectivity index (χ0v) is 10.7. The first-order valence-electron chi connectivity index (χ1n) is 5.85. The molecule has 0 spiro atoms. The summed E-state index contributed by atoms with van der Waals surface area (Å²) in [6.07, 6.45) is 7.31. The fourth-order valence-corrected chi connectivity index (χ4v) is 1.60. The van der Waals surface area contributed by atoms with Gasteiger partial charge in [-0.25, -0.2) is 0 Å². The van der Waals surface area contributed by atoms with Gasteiger partial charge in [-0.1, -0.05) is 25.7 Å². The van der Waals surface area contributed by atoms with Crippen LogP contribution in [-0.4, -0.2) is 24.7 Å². The molecule has 0 bridgehead atoms. The summed E-state index contributed by atoms with van der Waals surface area (Å²) < 4.78 is 4.55.